The fraction of sp³-hybridized carbons (Fsp3) is 0.769. The minimum absolute atomic E-state index is 0.211. The summed E-state index contributed by atoms with van der Waals surface area (Å²) in [6, 6.07) is 0. The number of imide groups is 1. The molecular weight excluding hydrogens is 250 g/mol. The lowest BCUT2D eigenvalue weighted by atomic mass is 9.67. The number of likely N-dealkylation sites (tertiary alicyclic amines) is 1. The monoisotopic (exact) mass is 269 g/mol. The number of β-amino-alcohol motifs (C(OH)–C–C–N with tert-alkyl or cyclic N) is 1. The first-order chi connectivity index (χ1) is 8.93. The Bertz CT molecular complexity index is 380. The third-order valence-electron chi connectivity index (χ3n) is 4.21. The number of piperidine rings is 1. The van der Waals surface area contributed by atoms with Crippen LogP contribution in [0.15, 0.2) is 0 Å². The van der Waals surface area contributed by atoms with Crippen LogP contribution >= 0.6 is 0 Å². The van der Waals surface area contributed by atoms with Crippen molar-refractivity contribution in [3.63, 3.8) is 0 Å². The van der Waals surface area contributed by atoms with Crippen LogP contribution in [0.1, 0.15) is 44.9 Å². The molecule has 1 saturated carbocycles. The Kier molecular flexibility index (Phi) is 3.89. The number of amides is 2. The van der Waals surface area contributed by atoms with Gasteiger partial charge in [0.15, 0.2) is 6.10 Å². The van der Waals surface area contributed by atoms with E-state index in [2.05, 4.69) is 0 Å². The van der Waals surface area contributed by atoms with Gasteiger partial charge < -0.3 is 10.2 Å². The zero-order chi connectivity index (χ0) is 14.0. The van der Waals surface area contributed by atoms with Crippen molar-refractivity contribution < 1.29 is 24.6 Å². The van der Waals surface area contributed by atoms with E-state index in [0.29, 0.717) is 12.8 Å². The second-order valence-corrected chi connectivity index (χ2v) is 5.67. The lowest BCUT2D eigenvalue weighted by Crippen LogP contribution is -2.51. The van der Waals surface area contributed by atoms with Crippen LogP contribution in [0.4, 0.5) is 0 Å². The number of rotatable bonds is 3. The molecule has 6 nitrogen and oxygen atoms in total. The molecule has 2 amide bonds. The molecule has 1 spiro atoms. The molecule has 0 bridgehead atoms. The van der Waals surface area contributed by atoms with Gasteiger partial charge in [0.1, 0.15) is 0 Å². The number of hydrogen-bond acceptors (Lipinski definition) is 4. The largest absolute Gasteiger partial charge is 0.479 e. The number of aliphatic hydroxyl groups excluding tert-OH is 1. The highest BCUT2D eigenvalue weighted by Crippen LogP contribution is 2.45. The van der Waals surface area contributed by atoms with Crippen molar-refractivity contribution in [3.8, 4) is 0 Å². The van der Waals surface area contributed by atoms with Crippen molar-refractivity contribution in [2.24, 2.45) is 5.41 Å². The van der Waals surface area contributed by atoms with Gasteiger partial charge in [-0.2, -0.15) is 0 Å². The molecule has 0 aromatic rings. The Labute approximate surface area is 111 Å². The van der Waals surface area contributed by atoms with Gasteiger partial charge >= 0.3 is 5.97 Å². The van der Waals surface area contributed by atoms with Crippen LogP contribution in [-0.4, -0.2) is 45.5 Å². The second kappa shape index (κ2) is 5.28. The van der Waals surface area contributed by atoms with E-state index < -0.39 is 18.6 Å². The maximum absolute atomic E-state index is 12.0. The quantitative estimate of drug-likeness (QED) is 0.729. The molecule has 106 valence electrons. The van der Waals surface area contributed by atoms with E-state index in [1.165, 1.54) is 0 Å². The molecule has 1 heterocycles. The number of nitrogens with zero attached hydrogens (tertiary/aromatic N) is 1. The van der Waals surface area contributed by atoms with E-state index in [1.54, 1.807) is 0 Å². The SMILES string of the molecule is O=C(O)C(O)CN1C(=O)CC2(CCCCC2)CC1=O. The minimum atomic E-state index is -1.70. The van der Waals surface area contributed by atoms with Crippen molar-refractivity contribution >= 4 is 17.8 Å². The standard InChI is InChI=1S/C13H19NO5/c15-9(12(18)19)8-14-10(16)6-13(7-11(14)17)4-2-1-3-5-13/h9,15H,1-8H2,(H,18,19). The molecule has 1 aliphatic carbocycles. The molecule has 1 aliphatic heterocycles. The summed E-state index contributed by atoms with van der Waals surface area (Å²) in [4.78, 5) is 35.6. The molecule has 19 heavy (non-hydrogen) atoms. The lowest BCUT2D eigenvalue weighted by molar-refractivity contribution is -0.159. The third-order valence-corrected chi connectivity index (χ3v) is 4.21. The van der Waals surface area contributed by atoms with Gasteiger partial charge in [-0.15, -0.1) is 0 Å². The molecule has 0 aromatic carbocycles. The fourth-order valence-corrected chi connectivity index (χ4v) is 3.14. The predicted octanol–water partition coefficient (Wildman–Crippen LogP) is 0.531. The molecule has 6 heteroatoms. The second-order valence-electron chi connectivity index (χ2n) is 5.67. The Balaban J connectivity index is 2.04. The van der Waals surface area contributed by atoms with Crippen molar-refractivity contribution in [1.29, 1.82) is 0 Å². The van der Waals surface area contributed by atoms with Crippen molar-refractivity contribution in [1.82, 2.24) is 4.90 Å². The number of aliphatic carboxylic acids is 1. The highest BCUT2D eigenvalue weighted by atomic mass is 16.4. The van der Waals surface area contributed by atoms with Crippen LogP contribution in [0, 0.1) is 5.41 Å². The van der Waals surface area contributed by atoms with Crippen molar-refractivity contribution in [3.05, 3.63) is 0 Å². The predicted molar refractivity (Wildman–Crippen MR) is 65.1 cm³/mol. The molecule has 2 aliphatic rings. The Morgan fingerprint density at radius 1 is 1.16 bits per heavy atom. The molecule has 1 unspecified atom stereocenters. The smallest absolute Gasteiger partial charge is 0.334 e. The summed E-state index contributed by atoms with van der Waals surface area (Å²) in [6.07, 6.45) is 3.89. The number of carbonyl (C=O) groups excluding carboxylic acids is 2. The van der Waals surface area contributed by atoms with Crippen LogP contribution in [-0.2, 0) is 14.4 Å². The molecule has 2 rings (SSSR count). The zero-order valence-corrected chi connectivity index (χ0v) is 10.8. The first-order valence-electron chi connectivity index (χ1n) is 6.68. The maximum atomic E-state index is 12.0. The van der Waals surface area contributed by atoms with E-state index in [0.717, 1.165) is 37.0 Å². The van der Waals surface area contributed by atoms with Gasteiger partial charge in [-0.3, -0.25) is 14.5 Å². The topological polar surface area (TPSA) is 94.9 Å². The molecule has 1 saturated heterocycles. The Hall–Kier alpha value is -1.43. The summed E-state index contributed by atoms with van der Waals surface area (Å²) >= 11 is 0. The minimum Gasteiger partial charge on any atom is -0.479 e. The van der Waals surface area contributed by atoms with E-state index in [-0.39, 0.29) is 17.2 Å². The summed E-state index contributed by atoms with van der Waals surface area (Å²) in [5.74, 6) is -2.12. The molecule has 0 radical (unpaired) electrons. The zero-order valence-electron chi connectivity index (χ0n) is 10.8. The molecule has 0 aromatic heterocycles. The summed E-state index contributed by atoms with van der Waals surface area (Å²) < 4.78 is 0. The summed E-state index contributed by atoms with van der Waals surface area (Å²) in [6.45, 7) is -0.441. The fourth-order valence-electron chi connectivity index (χ4n) is 3.14. The van der Waals surface area contributed by atoms with Gasteiger partial charge in [-0.25, -0.2) is 4.79 Å². The lowest BCUT2D eigenvalue weighted by Gasteiger charge is -2.42. The van der Waals surface area contributed by atoms with Crippen molar-refractivity contribution in [2.45, 2.75) is 51.0 Å². The van der Waals surface area contributed by atoms with Crippen LogP contribution in [0.2, 0.25) is 0 Å². The van der Waals surface area contributed by atoms with Gasteiger partial charge in [0, 0.05) is 12.8 Å². The van der Waals surface area contributed by atoms with E-state index in [4.69, 9.17) is 5.11 Å². The van der Waals surface area contributed by atoms with Crippen LogP contribution in [0.5, 0.6) is 0 Å². The number of aliphatic hydroxyl groups is 1. The molecule has 1 atom stereocenters. The number of carboxylic acid groups (broad SMARTS) is 1. The number of carbonyl (C=O) groups is 3. The van der Waals surface area contributed by atoms with Gasteiger partial charge in [0.05, 0.1) is 6.54 Å². The first kappa shape index (κ1) is 14.0. The average molecular weight is 269 g/mol. The molecular formula is C13H19NO5. The van der Waals surface area contributed by atoms with Gasteiger partial charge in [-0.1, -0.05) is 19.3 Å². The normalized spacial score (nSPS) is 24.6. The van der Waals surface area contributed by atoms with Crippen molar-refractivity contribution in [2.75, 3.05) is 6.54 Å². The van der Waals surface area contributed by atoms with Crippen LogP contribution in [0.25, 0.3) is 0 Å². The summed E-state index contributed by atoms with van der Waals surface area (Å²) in [7, 11) is 0. The van der Waals surface area contributed by atoms with Gasteiger partial charge in [0.2, 0.25) is 11.8 Å². The van der Waals surface area contributed by atoms with E-state index >= 15 is 0 Å². The van der Waals surface area contributed by atoms with Gasteiger partial charge in [-0.05, 0) is 18.3 Å². The first-order valence-corrected chi connectivity index (χ1v) is 6.68. The van der Waals surface area contributed by atoms with E-state index in [9.17, 15) is 19.5 Å². The third kappa shape index (κ3) is 2.94. The maximum Gasteiger partial charge on any atom is 0.334 e. The Morgan fingerprint density at radius 2 is 1.68 bits per heavy atom. The molecule has 2 N–H and O–H groups in total. The molecule has 2 fully saturated rings. The van der Waals surface area contributed by atoms with Crippen LogP contribution < -0.4 is 0 Å². The van der Waals surface area contributed by atoms with E-state index in [1.807, 2.05) is 0 Å². The summed E-state index contributed by atoms with van der Waals surface area (Å²) in [5, 5.41) is 17.9. The number of carboxylic acids is 1. The Morgan fingerprint density at radius 3 is 2.16 bits per heavy atom. The highest BCUT2D eigenvalue weighted by Gasteiger charge is 2.44. The highest BCUT2D eigenvalue weighted by molar-refractivity contribution is 5.99. The van der Waals surface area contributed by atoms with Gasteiger partial charge in [0.25, 0.3) is 0 Å². The average Bonchev–Trinajstić information content (AvgIpc) is 2.34. The number of hydrogen-bond donors (Lipinski definition) is 2. The summed E-state index contributed by atoms with van der Waals surface area (Å²) in [5.41, 5.74) is -0.211. The van der Waals surface area contributed by atoms with Crippen LogP contribution in [0.3, 0.4) is 0 Å².